The Hall–Kier alpha value is -1.44. The first kappa shape index (κ1) is 16.9. The Labute approximate surface area is 131 Å². The Morgan fingerprint density at radius 3 is 2.64 bits per heavy atom. The van der Waals surface area contributed by atoms with Crippen LogP contribution in [-0.2, 0) is 21.1 Å². The van der Waals surface area contributed by atoms with Crippen LogP contribution in [0, 0.1) is 5.92 Å². The highest BCUT2D eigenvalue weighted by atomic mass is 32.2. The van der Waals surface area contributed by atoms with Crippen LogP contribution in [0.3, 0.4) is 0 Å². The van der Waals surface area contributed by atoms with Crippen molar-refractivity contribution in [2.24, 2.45) is 5.92 Å². The molecule has 8 heteroatoms. The maximum Gasteiger partial charge on any atom is 0.267 e. The lowest BCUT2D eigenvalue weighted by Crippen LogP contribution is -2.40. The van der Waals surface area contributed by atoms with E-state index in [0.717, 1.165) is 12.8 Å². The molecule has 22 heavy (non-hydrogen) atoms. The lowest BCUT2D eigenvalue weighted by molar-refractivity contribution is -0.120. The molecule has 7 nitrogen and oxygen atoms in total. The third-order valence-corrected chi connectivity index (χ3v) is 6.06. The van der Waals surface area contributed by atoms with Gasteiger partial charge >= 0.3 is 0 Å². The summed E-state index contributed by atoms with van der Waals surface area (Å²) in [5, 5.41) is 7.56. The number of aryl methyl sites for hydroxylation is 1. The van der Waals surface area contributed by atoms with Gasteiger partial charge in [0.15, 0.2) is 0 Å². The van der Waals surface area contributed by atoms with Crippen molar-refractivity contribution in [3.05, 3.63) is 5.82 Å². The molecule has 0 spiro atoms. The second-order valence-electron chi connectivity index (χ2n) is 5.85. The van der Waals surface area contributed by atoms with E-state index in [0.29, 0.717) is 24.7 Å². The molecule has 1 aromatic heterocycles. The lowest BCUT2D eigenvalue weighted by Gasteiger charge is -2.22. The number of aromatic amines is 1. The summed E-state index contributed by atoms with van der Waals surface area (Å²) in [6, 6.07) is 0. The molecule has 2 N–H and O–H groups in total. The monoisotopic (exact) mass is 328 g/mol. The van der Waals surface area contributed by atoms with Crippen molar-refractivity contribution in [2.75, 3.05) is 6.54 Å². The third kappa shape index (κ3) is 3.85. The summed E-state index contributed by atoms with van der Waals surface area (Å²) in [7, 11) is -3.85. The highest BCUT2D eigenvalue weighted by molar-refractivity contribution is 7.92. The predicted octanol–water partition coefficient (Wildman–Crippen LogP) is 1.23. The molecule has 1 aliphatic carbocycles. The first-order valence-electron chi connectivity index (χ1n) is 7.88. The fourth-order valence-corrected chi connectivity index (χ4v) is 3.73. The van der Waals surface area contributed by atoms with Gasteiger partial charge in [0.25, 0.3) is 5.16 Å². The first-order chi connectivity index (χ1) is 10.4. The molecule has 0 saturated heterocycles. The number of rotatable bonds is 6. The predicted molar refractivity (Wildman–Crippen MR) is 82.0 cm³/mol. The molecule has 0 aliphatic heterocycles. The van der Waals surface area contributed by atoms with E-state index >= 15 is 0 Å². The minimum absolute atomic E-state index is 0.301. The number of amides is 1. The van der Waals surface area contributed by atoms with Gasteiger partial charge in [0.05, 0.1) is 0 Å². The average molecular weight is 328 g/mol. The number of nitrogens with zero attached hydrogens (tertiary/aromatic N) is 2. The number of carbonyl (C=O) groups excluding carboxylic acids is 1. The van der Waals surface area contributed by atoms with Crippen molar-refractivity contribution >= 4 is 15.7 Å². The van der Waals surface area contributed by atoms with E-state index in [9.17, 15) is 13.2 Å². The van der Waals surface area contributed by atoms with E-state index in [1.165, 1.54) is 26.2 Å². The number of nitrogens with one attached hydrogen (secondary N) is 2. The molecule has 1 heterocycles. The van der Waals surface area contributed by atoms with Crippen molar-refractivity contribution in [2.45, 2.75) is 62.8 Å². The van der Waals surface area contributed by atoms with Gasteiger partial charge in [0.1, 0.15) is 11.1 Å². The zero-order valence-corrected chi connectivity index (χ0v) is 13.9. The van der Waals surface area contributed by atoms with Gasteiger partial charge in [-0.05, 0) is 25.7 Å². The normalized spacial score (nSPS) is 18.1. The molecule has 1 saturated carbocycles. The zero-order chi connectivity index (χ0) is 16.2. The molecule has 1 aromatic rings. The van der Waals surface area contributed by atoms with Crippen LogP contribution < -0.4 is 5.32 Å². The number of hydrogen-bond acceptors (Lipinski definition) is 5. The van der Waals surface area contributed by atoms with Crippen LogP contribution in [0.25, 0.3) is 0 Å². The zero-order valence-electron chi connectivity index (χ0n) is 13.1. The van der Waals surface area contributed by atoms with Gasteiger partial charge in [-0.2, -0.15) is 0 Å². The fraction of sp³-hybridized carbons (Fsp3) is 0.786. The van der Waals surface area contributed by atoms with Crippen LogP contribution in [0.4, 0.5) is 0 Å². The largest absolute Gasteiger partial charge is 0.355 e. The van der Waals surface area contributed by atoms with Gasteiger partial charge in [-0.3, -0.25) is 9.89 Å². The van der Waals surface area contributed by atoms with Crippen LogP contribution in [0.5, 0.6) is 0 Å². The van der Waals surface area contributed by atoms with Gasteiger partial charge in [0, 0.05) is 13.0 Å². The minimum Gasteiger partial charge on any atom is -0.355 e. The summed E-state index contributed by atoms with van der Waals surface area (Å²) in [4.78, 5) is 16.0. The molecule has 0 aromatic carbocycles. The minimum atomic E-state index is -3.85. The topological polar surface area (TPSA) is 105 Å². The fourth-order valence-electron chi connectivity index (χ4n) is 2.64. The Bertz CT molecular complexity index is 605. The maximum absolute atomic E-state index is 12.3. The molecule has 0 bridgehead atoms. The van der Waals surface area contributed by atoms with Gasteiger partial charge in [0.2, 0.25) is 15.7 Å². The molecule has 1 unspecified atom stereocenters. The number of H-pyrrole nitrogens is 1. The van der Waals surface area contributed by atoms with Gasteiger partial charge in [-0.1, -0.05) is 26.2 Å². The van der Waals surface area contributed by atoms with E-state index in [-0.39, 0.29) is 5.16 Å². The van der Waals surface area contributed by atoms with Crippen molar-refractivity contribution in [1.82, 2.24) is 20.5 Å². The van der Waals surface area contributed by atoms with Crippen LogP contribution in [0.1, 0.15) is 51.8 Å². The molecule has 1 aliphatic rings. The second kappa shape index (κ2) is 7.21. The highest BCUT2D eigenvalue weighted by Crippen LogP contribution is 2.23. The Morgan fingerprint density at radius 2 is 2.05 bits per heavy atom. The Balaban J connectivity index is 1.96. The van der Waals surface area contributed by atoms with Crippen LogP contribution in [0.15, 0.2) is 5.16 Å². The molecular weight excluding hydrogens is 304 g/mol. The van der Waals surface area contributed by atoms with Gasteiger partial charge in [-0.25, -0.2) is 13.4 Å². The standard InChI is InChI=1S/C14H24N4O3S/c1-3-12-16-14(18-17-12)22(20,21)10(2)13(19)15-9-11-7-5-4-6-8-11/h10-11H,3-9H2,1-2H3,(H,15,19)(H,16,17,18). The smallest absolute Gasteiger partial charge is 0.267 e. The second-order valence-corrected chi connectivity index (χ2v) is 8.02. The number of sulfone groups is 1. The van der Waals surface area contributed by atoms with E-state index in [1.54, 1.807) is 0 Å². The molecule has 0 radical (unpaired) electrons. The number of aromatic nitrogens is 3. The van der Waals surface area contributed by atoms with Crippen molar-refractivity contribution < 1.29 is 13.2 Å². The molecule has 2 rings (SSSR count). The van der Waals surface area contributed by atoms with E-state index in [4.69, 9.17) is 0 Å². The Morgan fingerprint density at radius 1 is 1.36 bits per heavy atom. The van der Waals surface area contributed by atoms with Crippen LogP contribution >= 0.6 is 0 Å². The van der Waals surface area contributed by atoms with Crippen molar-refractivity contribution in [3.63, 3.8) is 0 Å². The van der Waals surface area contributed by atoms with E-state index < -0.39 is 21.0 Å². The van der Waals surface area contributed by atoms with Gasteiger partial charge < -0.3 is 5.32 Å². The number of hydrogen-bond donors (Lipinski definition) is 2. The average Bonchev–Trinajstić information content (AvgIpc) is 3.02. The quantitative estimate of drug-likeness (QED) is 0.817. The maximum atomic E-state index is 12.3. The summed E-state index contributed by atoms with van der Waals surface area (Å²) in [5.41, 5.74) is 0. The summed E-state index contributed by atoms with van der Waals surface area (Å²) in [5.74, 6) is 0.476. The summed E-state index contributed by atoms with van der Waals surface area (Å²) >= 11 is 0. The molecule has 1 atom stereocenters. The van der Waals surface area contributed by atoms with Crippen LogP contribution in [-0.4, -0.2) is 41.3 Å². The SMILES string of the molecule is CCc1nc(S(=O)(=O)C(C)C(=O)NCC2CCCCC2)n[nH]1. The Kier molecular flexibility index (Phi) is 5.55. The van der Waals surface area contributed by atoms with E-state index in [1.807, 2.05) is 6.92 Å². The molecule has 1 fully saturated rings. The molecule has 124 valence electrons. The third-order valence-electron chi connectivity index (χ3n) is 4.22. The first-order valence-corrected chi connectivity index (χ1v) is 9.42. The highest BCUT2D eigenvalue weighted by Gasteiger charge is 2.33. The van der Waals surface area contributed by atoms with Crippen LogP contribution in [0.2, 0.25) is 0 Å². The lowest BCUT2D eigenvalue weighted by atomic mass is 9.89. The summed E-state index contributed by atoms with van der Waals surface area (Å²) in [6.07, 6.45) is 6.38. The number of carbonyl (C=O) groups is 1. The van der Waals surface area contributed by atoms with Crippen molar-refractivity contribution in [3.8, 4) is 0 Å². The van der Waals surface area contributed by atoms with E-state index in [2.05, 4.69) is 20.5 Å². The molecular formula is C14H24N4O3S. The van der Waals surface area contributed by atoms with Gasteiger partial charge in [-0.15, -0.1) is 5.10 Å². The molecule has 1 amide bonds. The van der Waals surface area contributed by atoms with Crippen molar-refractivity contribution in [1.29, 1.82) is 0 Å². The summed E-state index contributed by atoms with van der Waals surface area (Å²) < 4.78 is 24.7. The summed E-state index contributed by atoms with van der Waals surface area (Å²) in [6.45, 7) is 3.78.